The zero-order valence-electron chi connectivity index (χ0n) is 16.9. The average molecular weight is 420 g/mol. The van der Waals surface area contributed by atoms with E-state index in [1.54, 1.807) is 43.3 Å². The summed E-state index contributed by atoms with van der Waals surface area (Å²) in [6, 6.07) is 10.2. The van der Waals surface area contributed by atoms with Crippen LogP contribution >= 0.6 is 0 Å². The molecule has 0 bridgehead atoms. The fourth-order valence-electron chi connectivity index (χ4n) is 2.90. The minimum absolute atomic E-state index is 0.300. The normalized spacial score (nSPS) is 12.0. The van der Waals surface area contributed by atoms with E-state index in [-0.39, 0.29) is 0 Å². The van der Waals surface area contributed by atoms with Crippen molar-refractivity contribution < 1.29 is 27.5 Å². The molecule has 156 valence electrons. The lowest BCUT2D eigenvalue weighted by Crippen LogP contribution is -2.45. The summed E-state index contributed by atoms with van der Waals surface area (Å²) in [5.74, 6) is -0.616. The van der Waals surface area contributed by atoms with Gasteiger partial charge in [-0.2, -0.15) is 0 Å². The molecule has 0 spiro atoms. The molecule has 1 N–H and O–H groups in total. The largest absolute Gasteiger partial charge is 0.497 e. The number of sulfonamides is 1. The van der Waals surface area contributed by atoms with Crippen molar-refractivity contribution in [1.29, 1.82) is 0 Å². The second-order valence-electron chi connectivity index (χ2n) is 6.40. The summed E-state index contributed by atoms with van der Waals surface area (Å²) >= 11 is 0. The van der Waals surface area contributed by atoms with Gasteiger partial charge >= 0.3 is 5.97 Å². The lowest BCUT2D eigenvalue weighted by Gasteiger charge is -2.28. The van der Waals surface area contributed by atoms with E-state index in [0.717, 1.165) is 10.6 Å². The number of anilines is 2. The number of amides is 1. The lowest BCUT2D eigenvalue weighted by atomic mass is 10.1. The van der Waals surface area contributed by atoms with Crippen molar-refractivity contribution in [3.63, 3.8) is 0 Å². The first-order chi connectivity index (χ1) is 13.6. The molecular formula is C20H24N2O6S. The van der Waals surface area contributed by atoms with E-state index in [0.29, 0.717) is 28.3 Å². The van der Waals surface area contributed by atoms with Crippen LogP contribution in [-0.4, -0.2) is 46.8 Å². The maximum atomic E-state index is 12.9. The predicted octanol–water partition coefficient (Wildman–Crippen LogP) is 2.58. The number of nitrogens with zero attached hydrogens (tertiary/aromatic N) is 1. The van der Waals surface area contributed by atoms with E-state index in [1.807, 2.05) is 0 Å². The summed E-state index contributed by atoms with van der Waals surface area (Å²) in [6.45, 7) is 3.15. The van der Waals surface area contributed by atoms with Gasteiger partial charge in [0, 0.05) is 11.8 Å². The number of nitrogens with one attached hydrogen (secondary N) is 1. The van der Waals surface area contributed by atoms with Crippen molar-refractivity contribution in [2.24, 2.45) is 0 Å². The van der Waals surface area contributed by atoms with Crippen LogP contribution in [0.4, 0.5) is 11.4 Å². The smallest absolute Gasteiger partial charge is 0.338 e. The maximum absolute atomic E-state index is 12.9. The maximum Gasteiger partial charge on any atom is 0.338 e. The van der Waals surface area contributed by atoms with Crippen LogP contribution in [-0.2, 0) is 19.6 Å². The third-order valence-electron chi connectivity index (χ3n) is 4.39. The number of hydrogen-bond donors (Lipinski definition) is 1. The number of carbonyl (C=O) groups is 2. The molecule has 9 heteroatoms. The van der Waals surface area contributed by atoms with Crippen LogP contribution in [0, 0.1) is 6.92 Å². The number of methoxy groups -OCH3 is 2. The van der Waals surface area contributed by atoms with E-state index in [9.17, 15) is 18.0 Å². The highest BCUT2D eigenvalue weighted by Gasteiger charge is 2.30. The molecule has 1 amide bonds. The molecule has 0 aliphatic heterocycles. The Bertz CT molecular complexity index is 1020. The standard InChI is InChI=1S/C20H24N2O6S/c1-13-17(20(24)28-4)10-7-11-18(13)21-19(23)14(2)22(29(5,25)26)15-8-6-9-16(12-15)27-3/h6-12,14H,1-5H3,(H,21,23)/t14-/m0/s1. The van der Waals surface area contributed by atoms with Gasteiger partial charge < -0.3 is 14.8 Å². The molecule has 0 saturated carbocycles. The Morgan fingerprint density at radius 1 is 1.10 bits per heavy atom. The van der Waals surface area contributed by atoms with Crippen molar-refractivity contribution in [3.05, 3.63) is 53.6 Å². The SMILES string of the molecule is COC(=O)c1cccc(NC(=O)[C@H](C)N(c2cccc(OC)c2)S(C)(=O)=O)c1C. The average Bonchev–Trinajstić information content (AvgIpc) is 2.68. The van der Waals surface area contributed by atoms with Crippen LogP contribution in [0.3, 0.4) is 0 Å². The quantitative estimate of drug-likeness (QED) is 0.691. The van der Waals surface area contributed by atoms with E-state index < -0.39 is 27.9 Å². The van der Waals surface area contributed by atoms with Gasteiger partial charge in [-0.05, 0) is 43.7 Å². The molecule has 29 heavy (non-hydrogen) atoms. The zero-order chi connectivity index (χ0) is 21.8. The fraction of sp³-hybridized carbons (Fsp3) is 0.300. The van der Waals surface area contributed by atoms with E-state index in [4.69, 9.17) is 9.47 Å². The summed E-state index contributed by atoms with van der Waals surface area (Å²) in [5, 5.41) is 2.70. The third-order valence-corrected chi connectivity index (χ3v) is 5.63. The second-order valence-corrected chi connectivity index (χ2v) is 8.25. The Morgan fingerprint density at radius 3 is 2.34 bits per heavy atom. The monoisotopic (exact) mass is 420 g/mol. The Morgan fingerprint density at radius 2 is 1.76 bits per heavy atom. The molecule has 0 saturated heterocycles. The van der Waals surface area contributed by atoms with Gasteiger partial charge in [-0.25, -0.2) is 13.2 Å². The molecule has 2 rings (SSSR count). The van der Waals surface area contributed by atoms with Crippen molar-refractivity contribution in [3.8, 4) is 5.75 Å². The van der Waals surface area contributed by atoms with Crippen LogP contribution < -0.4 is 14.4 Å². The topological polar surface area (TPSA) is 102 Å². The first-order valence-electron chi connectivity index (χ1n) is 8.72. The molecule has 0 aliphatic rings. The van der Waals surface area contributed by atoms with Gasteiger partial charge in [0.15, 0.2) is 0 Å². The predicted molar refractivity (Wildman–Crippen MR) is 111 cm³/mol. The summed E-state index contributed by atoms with van der Waals surface area (Å²) < 4.78 is 35.7. The molecule has 0 fully saturated rings. The summed E-state index contributed by atoms with van der Waals surface area (Å²) in [5.41, 5.74) is 1.52. The van der Waals surface area contributed by atoms with Crippen molar-refractivity contribution >= 4 is 33.3 Å². The van der Waals surface area contributed by atoms with E-state index in [2.05, 4.69) is 5.32 Å². The summed E-state index contributed by atoms with van der Waals surface area (Å²) in [6.07, 6.45) is 1.03. The molecule has 2 aromatic carbocycles. The Labute approximate surface area is 170 Å². The molecular weight excluding hydrogens is 396 g/mol. The zero-order valence-corrected chi connectivity index (χ0v) is 17.7. The Balaban J connectivity index is 2.37. The third kappa shape index (κ3) is 5.05. The first-order valence-corrected chi connectivity index (χ1v) is 10.6. The van der Waals surface area contributed by atoms with Gasteiger partial charge in [0.1, 0.15) is 11.8 Å². The van der Waals surface area contributed by atoms with Gasteiger partial charge in [0.2, 0.25) is 15.9 Å². The van der Waals surface area contributed by atoms with E-state index >= 15 is 0 Å². The number of carbonyl (C=O) groups excluding carboxylic acids is 2. The van der Waals surface area contributed by atoms with Gasteiger partial charge in [-0.15, -0.1) is 0 Å². The van der Waals surface area contributed by atoms with Crippen LogP contribution in [0.2, 0.25) is 0 Å². The first kappa shape index (κ1) is 22.2. The fourth-order valence-corrected chi connectivity index (χ4v) is 4.06. The minimum Gasteiger partial charge on any atom is -0.497 e. The summed E-state index contributed by atoms with van der Waals surface area (Å²) in [4.78, 5) is 24.7. The van der Waals surface area contributed by atoms with Crippen LogP contribution in [0.1, 0.15) is 22.8 Å². The number of ether oxygens (including phenoxy) is 2. The molecule has 0 aromatic heterocycles. The molecule has 0 heterocycles. The molecule has 0 aliphatic carbocycles. The highest BCUT2D eigenvalue weighted by atomic mass is 32.2. The highest BCUT2D eigenvalue weighted by molar-refractivity contribution is 7.92. The Kier molecular flexibility index (Phi) is 6.86. The summed E-state index contributed by atoms with van der Waals surface area (Å²) in [7, 11) is -1.03. The van der Waals surface area contributed by atoms with Gasteiger partial charge in [-0.3, -0.25) is 9.10 Å². The lowest BCUT2D eigenvalue weighted by molar-refractivity contribution is -0.116. The van der Waals surface area contributed by atoms with Crippen molar-refractivity contribution in [1.82, 2.24) is 0 Å². The molecule has 2 aromatic rings. The highest BCUT2D eigenvalue weighted by Crippen LogP contribution is 2.26. The minimum atomic E-state index is -3.77. The van der Waals surface area contributed by atoms with E-state index in [1.165, 1.54) is 27.2 Å². The van der Waals surface area contributed by atoms with Crippen LogP contribution in [0.5, 0.6) is 5.75 Å². The van der Waals surface area contributed by atoms with Gasteiger partial charge in [0.25, 0.3) is 0 Å². The molecule has 1 atom stereocenters. The van der Waals surface area contributed by atoms with Crippen molar-refractivity contribution in [2.75, 3.05) is 30.1 Å². The number of esters is 1. The molecule has 8 nitrogen and oxygen atoms in total. The second kappa shape index (κ2) is 8.95. The van der Waals surface area contributed by atoms with Crippen molar-refractivity contribution in [2.45, 2.75) is 19.9 Å². The molecule has 0 radical (unpaired) electrons. The number of benzene rings is 2. The Hall–Kier alpha value is -3.07. The van der Waals surface area contributed by atoms with Crippen LogP contribution in [0.25, 0.3) is 0 Å². The number of hydrogen-bond acceptors (Lipinski definition) is 6. The van der Waals surface area contributed by atoms with Gasteiger partial charge in [-0.1, -0.05) is 12.1 Å². The van der Waals surface area contributed by atoms with Gasteiger partial charge in [0.05, 0.1) is 31.7 Å². The van der Waals surface area contributed by atoms with Crippen LogP contribution in [0.15, 0.2) is 42.5 Å². The molecule has 0 unspecified atom stereocenters. The number of rotatable bonds is 7.